The van der Waals surface area contributed by atoms with E-state index in [0.29, 0.717) is 5.56 Å². The van der Waals surface area contributed by atoms with E-state index in [0.717, 1.165) is 0 Å². The number of halogens is 1. The Hall–Kier alpha value is -1.23. The largest absolute Gasteiger partial charge is 0.411 e. The maximum absolute atomic E-state index is 14.4. The molecule has 19 heavy (non-hydrogen) atoms. The predicted octanol–water partition coefficient (Wildman–Crippen LogP) is 3.43. The molecular weight excluding hydrogens is 272 g/mol. The molecule has 1 aromatic rings. The molecule has 0 aliphatic heterocycles. The lowest BCUT2D eigenvalue weighted by Crippen LogP contribution is -2.20. The van der Waals surface area contributed by atoms with E-state index >= 15 is 0 Å². The lowest BCUT2D eigenvalue weighted by atomic mass is 10.1. The summed E-state index contributed by atoms with van der Waals surface area (Å²) in [5, 5.41) is 11.9. The van der Waals surface area contributed by atoms with E-state index in [1.807, 2.05) is 0 Å². The van der Waals surface area contributed by atoms with Crippen LogP contribution < -0.4 is 0 Å². The van der Waals surface area contributed by atoms with E-state index < -0.39 is 13.5 Å². The zero-order valence-corrected chi connectivity index (χ0v) is 11.7. The van der Waals surface area contributed by atoms with Gasteiger partial charge in [-0.3, -0.25) is 4.57 Å². The Bertz CT molecular complexity index is 456. The number of oxime groups is 1. The zero-order valence-electron chi connectivity index (χ0n) is 10.8. The van der Waals surface area contributed by atoms with E-state index in [4.69, 9.17) is 14.3 Å². The molecule has 1 aromatic carbocycles. The smallest absolute Gasteiger partial charge is 0.370 e. The van der Waals surface area contributed by atoms with Gasteiger partial charge >= 0.3 is 7.60 Å². The number of nitrogens with zero attached hydrogens (tertiary/aromatic N) is 1. The molecule has 0 fully saturated rings. The second-order valence-electron chi connectivity index (χ2n) is 3.56. The quantitative estimate of drug-likeness (QED) is 0.361. The van der Waals surface area contributed by atoms with E-state index in [1.165, 1.54) is 0 Å². The van der Waals surface area contributed by atoms with Crippen LogP contribution in [-0.4, -0.2) is 30.0 Å². The molecule has 5 nitrogen and oxygen atoms in total. The minimum absolute atomic E-state index is 0.0329. The van der Waals surface area contributed by atoms with Crippen molar-refractivity contribution in [2.24, 2.45) is 5.16 Å². The number of benzene rings is 1. The zero-order chi connectivity index (χ0) is 14.3. The molecule has 0 aromatic heterocycles. The molecule has 1 atom stereocenters. The van der Waals surface area contributed by atoms with Gasteiger partial charge in [-0.05, 0) is 13.8 Å². The van der Waals surface area contributed by atoms with Crippen molar-refractivity contribution in [2.75, 3.05) is 13.2 Å². The first-order valence-corrected chi connectivity index (χ1v) is 7.50. The Morgan fingerprint density at radius 1 is 1.32 bits per heavy atom. The topological polar surface area (TPSA) is 68.1 Å². The highest BCUT2D eigenvalue weighted by Gasteiger charge is 2.40. The van der Waals surface area contributed by atoms with Crippen molar-refractivity contribution in [3.05, 3.63) is 35.9 Å². The molecule has 0 spiro atoms. The van der Waals surface area contributed by atoms with Gasteiger partial charge in [-0.1, -0.05) is 35.5 Å². The van der Waals surface area contributed by atoms with Gasteiger partial charge in [-0.2, -0.15) is 0 Å². The van der Waals surface area contributed by atoms with Gasteiger partial charge in [-0.15, -0.1) is 0 Å². The average Bonchev–Trinajstić information content (AvgIpc) is 2.41. The van der Waals surface area contributed by atoms with Crippen molar-refractivity contribution < 1.29 is 23.2 Å². The second kappa shape index (κ2) is 7.38. The molecule has 0 amide bonds. The first-order valence-electron chi connectivity index (χ1n) is 5.89. The van der Waals surface area contributed by atoms with Gasteiger partial charge in [-0.25, -0.2) is 4.39 Å². The monoisotopic (exact) mass is 289 g/mol. The highest BCUT2D eigenvalue weighted by molar-refractivity contribution is 7.55. The van der Waals surface area contributed by atoms with Crippen molar-refractivity contribution in [3.63, 3.8) is 0 Å². The Morgan fingerprint density at radius 2 is 1.84 bits per heavy atom. The first kappa shape index (κ1) is 15.8. The summed E-state index contributed by atoms with van der Waals surface area (Å²) in [4.78, 5) is 0. The van der Waals surface area contributed by atoms with Gasteiger partial charge in [0.05, 0.1) is 13.2 Å². The summed E-state index contributed by atoms with van der Waals surface area (Å²) >= 11 is 0. The van der Waals surface area contributed by atoms with Crippen LogP contribution in [0.25, 0.3) is 0 Å². The maximum atomic E-state index is 14.4. The Morgan fingerprint density at radius 3 is 2.26 bits per heavy atom. The van der Waals surface area contributed by atoms with Crippen molar-refractivity contribution in [1.82, 2.24) is 0 Å². The van der Waals surface area contributed by atoms with E-state index in [1.54, 1.807) is 44.2 Å². The summed E-state index contributed by atoms with van der Waals surface area (Å²) in [6.45, 7) is 3.23. The fourth-order valence-corrected chi connectivity index (χ4v) is 3.09. The molecule has 1 rings (SSSR count). The van der Waals surface area contributed by atoms with E-state index in [2.05, 4.69) is 5.16 Å². The summed E-state index contributed by atoms with van der Waals surface area (Å²) in [5.74, 6) is -2.14. The third kappa shape index (κ3) is 3.86. The number of alkyl halides is 1. The average molecular weight is 289 g/mol. The molecule has 1 N–H and O–H groups in total. The van der Waals surface area contributed by atoms with Crippen LogP contribution in [0.3, 0.4) is 0 Å². The van der Waals surface area contributed by atoms with Crippen LogP contribution in [-0.2, 0) is 13.6 Å². The number of hydrogen-bond acceptors (Lipinski definition) is 5. The molecule has 0 bridgehead atoms. The van der Waals surface area contributed by atoms with E-state index in [-0.39, 0.29) is 18.9 Å². The molecule has 0 aliphatic rings. The SMILES string of the molecule is CCOP(=O)(OCC)C(F)/C(=N/O)c1ccccc1. The van der Waals surface area contributed by atoms with Crippen molar-refractivity contribution in [1.29, 1.82) is 0 Å². The van der Waals surface area contributed by atoms with Crippen LogP contribution in [0.5, 0.6) is 0 Å². The first-order chi connectivity index (χ1) is 9.09. The molecule has 0 heterocycles. The Kier molecular flexibility index (Phi) is 6.15. The van der Waals surface area contributed by atoms with E-state index in [9.17, 15) is 8.96 Å². The molecule has 0 saturated heterocycles. The molecule has 106 valence electrons. The fraction of sp³-hybridized carbons (Fsp3) is 0.417. The summed E-state index contributed by atoms with van der Waals surface area (Å²) in [6.07, 6.45) is 0. The standard InChI is InChI=1S/C12H17FNO4P/c1-3-17-19(16,18-4-2)12(13)11(14-15)10-8-6-5-7-9-10/h5-9,12,15H,3-4H2,1-2H3/b14-11+. The Labute approximate surface area is 111 Å². The minimum atomic E-state index is -4.01. The number of hydrogen-bond donors (Lipinski definition) is 1. The lowest BCUT2D eigenvalue weighted by Gasteiger charge is -2.21. The number of rotatable bonds is 7. The minimum Gasteiger partial charge on any atom is -0.411 e. The molecule has 0 aliphatic carbocycles. The molecule has 0 saturated carbocycles. The highest BCUT2D eigenvalue weighted by Crippen LogP contribution is 2.54. The van der Waals surface area contributed by atoms with Crippen LogP contribution in [0.15, 0.2) is 35.5 Å². The van der Waals surface area contributed by atoms with Crippen LogP contribution >= 0.6 is 7.60 Å². The van der Waals surface area contributed by atoms with Crippen molar-refractivity contribution in [2.45, 2.75) is 19.8 Å². The van der Waals surface area contributed by atoms with Gasteiger partial charge < -0.3 is 14.3 Å². The normalized spacial score (nSPS) is 14.4. The van der Waals surface area contributed by atoms with Crippen LogP contribution in [0.1, 0.15) is 19.4 Å². The Balaban J connectivity index is 3.07. The van der Waals surface area contributed by atoms with Gasteiger partial charge in [0.25, 0.3) is 0 Å². The third-order valence-electron chi connectivity index (χ3n) is 2.30. The molecule has 7 heteroatoms. The third-order valence-corrected chi connectivity index (χ3v) is 4.33. The van der Waals surface area contributed by atoms with Gasteiger partial charge in [0.2, 0.25) is 5.91 Å². The fourth-order valence-electron chi connectivity index (χ4n) is 1.53. The maximum Gasteiger partial charge on any atom is 0.370 e. The van der Waals surface area contributed by atoms with Crippen LogP contribution in [0.4, 0.5) is 4.39 Å². The molecular formula is C12H17FNO4P. The van der Waals surface area contributed by atoms with Crippen LogP contribution in [0.2, 0.25) is 0 Å². The van der Waals surface area contributed by atoms with Gasteiger partial charge in [0.1, 0.15) is 5.71 Å². The molecule has 0 radical (unpaired) electrons. The van der Waals surface area contributed by atoms with Crippen molar-refractivity contribution >= 4 is 13.3 Å². The summed E-state index contributed by atoms with van der Waals surface area (Å²) < 4.78 is 36.5. The lowest BCUT2D eigenvalue weighted by molar-refractivity contribution is 0.200. The van der Waals surface area contributed by atoms with Crippen molar-refractivity contribution in [3.8, 4) is 0 Å². The van der Waals surface area contributed by atoms with Gasteiger partial charge in [0.15, 0.2) is 0 Å². The summed E-state index contributed by atoms with van der Waals surface area (Å²) in [7, 11) is -4.01. The summed E-state index contributed by atoms with van der Waals surface area (Å²) in [6, 6.07) is 8.13. The van der Waals surface area contributed by atoms with Gasteiger partial charge in [0, 0.05) is 5.56 Å². The summed E-state index contributed by atoms with van der Waals surface area (Å²) in [5.41, 5.74) is -0.0528. The highest BCUT2D eigenvalue weighted by atomic mass is 31.2. The van der Waals surface area contributed by atoms with Crippen LogP contribution in [0, 0.1) is 0 Å². The predicted molar refractivity (Wildman–Crippen MR) is 70.5 cm³/mol. The molecule has 1 unspecified atom stereocenters. The second-order valence-corrected chi connectivity index (χ2v) is 5.61.